The molecule has 0 aliphatic rings. The van der Waals surface area contributed by atoms with E-state index in [0.29, 0.717) is 12.8 Å². The molecule has 0 aromatic heterocycles. The van der Waals surface area contributed by atoms with Gasteiger partial charge in [-0.05, 0) is 64.2 Å². The Morgan fingerprint density at radius 2 is 0.846 bits per heavy atom. The number of aliphatic hydroxyl groups is 2. The molecule has 300 valence electrons. The van der Waals surface area contributed by atoms with Crippen molar-refractivity contribution >= 4 is 5.91 Å². The van der Waals surface area contributed by atoms with Crippen LogP contribution in [0.3, 0.4) is 0 Å². The number of unbranched alkanes of at least 4 members (excludes halogenated alkanes) is 20. The molecule has 0 rings (SSSR count). The van der Waals surface area contributed by atoms with Gasteiger partial charge in [-0.3, -0.25) is 4.79 Å². The molecular weight excluding hydrogens is 639 g/mol. The third kappa shape index (κ3) is 39.0. The lowest BCUT2D eigenvalue weighted by atomic mass is 10.0. The van der Waals surface area contributed by atoms with Gasteiger partial charge in [-0.1, -0.05) is 209 Å². The summed E-state index contributed by atoms with van der Waals surface area (Å²) in [4.78, 5) is 12.2. The van der Waals surface area contributed by atoms with E-state index in [9.17, 15) is 15.0 Å². The van der Waals surface area contributed by atoms with E-state index in [-0.39, 0.29) is 12.5 Å². The third-order valence-electron chi connectivity index (χ3n) is 9.73. The van der Waals surface area contributed by atoms with Gasteiger partial charge in [0.2, 0.25) is 5.91 Å². The van der Waals surface area contributed by atoms with Gasteiger partial charge >= 0.3 is 0 Å². The minimum Gasteiger partial charge on any atom is -0.394 e. The predicted octanol–water partition coefficient (Wildman–Crippen LogP) is 13.9. The van der Waals surface area contributed by atoms with Crippen LogP contribution in [0.2, 0.25) is 0 Å². The van der Waals surface area contributed by atoms with Crippen LogP contribution in [0.1, 0.15) is 206 Å². The fraction of sp³-hybridized carbons (Fsp3) is 0.729. The van der Waals surface area contributed by atoms with Crippen molar-refractivity contribution < 1.29 is 15.0 Å². The van der Waals surface area contributed by atoms with Crippen LogP contribution in [0.5, 0.6) is 0 Å². The summed E-state index contributed by atoms with van der Waals surface area (Å²) in [5.74, 6) is -0.0444. The van der Waals surface area contributed by atoms with Crippen LogP contribution in [0.15, 0.2) is 72.9 Å². The highest BCUT2D eigenvalue weighted by atomic mass is 16.3. The van der Waals surface area contributed by atoms with E-state index in [1.165, 1.54) is 109 Å². The Morgan fingerprint density at radius 3 is 1.23 bits per heavy atom. The molecule has 0 fully saturated rings. The largest absolute Gasteiger partial charge is 0.394 e. The smallest absolute Gasteiger partial charge is 0.220 e. The molecule has 3 N–H and O–H groups in total. The highest BCUT2D eigenvalue weighted by molar-refractivity contribution is 5.76. The maximum absolute atomic E-state index is 12.2. The Kier molecular flexibility index (Phi) is 41.4. The summed E-state index contributed by atoms with van der Waals surface area (Å²) in [6, 6.07) is -0.532. The first kappa shape index (κ1) is 49.8. The maximum Gasteiger partial charge on any atom is 0.220 e. The second-order valence-electron chi connectivity index (χ2n) is 14.7. The van der Waals surface area contributed by atoms with E-state index in [1.807, 2.05) is 0 Å². The zero-order valence-electron chi connectivity index (χ0n) is 34.3. The van der Waals surface area contributed by atoms with E-state index < -0.39 is 12.1 Å². The lowest BCUT2D eigenvalue weighted by Gasteiger charge is -2.22. The molecule has 0 bridgehead atoms. The number of rotatable bonds is 39. The molecule has 0 saturated heterocycles. The van der Waals surface area contributed by atoms with Crippen LogP contribution < -0.4 is 5.32 Å². The third-order valence-corrected chi connectivity index (χ3v) is 9.73. The van der Waals surface area contributed by atoms with Crippen LogP contribution in [-0.2, 0) is 4.79 Å². The van der Waals surface area contributed by atoms with Crippen molar-refractivity contribution in [3.63, 3.8) is 0 Å². The first-order valence-electron chi connectivity index (χ1n) is 22.1. The molecule has 2 unspecified atom stereocenters. The van der Waals surface area contributed by atoms with Gasteiger partial charge in [0.15, 0.2) is 0 Å². The summed E-state index contributed by atoms with van der Waals surface area (Å²) < 4.78 is 0. The second-order valence-corrected chi connectivity index (χ2v) is 14.7. The quantitative estimate of drug-likeness (QED) is 0.0437. The van der Waals surface area contributed by atoms with Crippen LogP contribution >= 0.6 is 0 Å². The Hall–Kier alpha value is -2.17. The molecule has 2 atom stereocenters. The summed E-state index contributed by atoms with van der Waals surface area (Å²) >= 11 is 0. The van der Waals surface area contributed by atoms with Gasteiger partial charge in [0.05, 0.1) is 18.8 Å². The number of nitrogens with one attached hydrogen (secondary N) is 1. The van der Waals surface area contributed by atoms with E-state index in [2.05, 4.69) is 92.1 Å². The Balaban J connectivity index is 3.38. The number of allylic oxidation sites excluding steroid dienone is 12. The number of hydrogen-bond donors (Lipinski definition) is 3. The molecule has 0 saturated carbocycles. The van der Waals surface area contributed by atoms with Gasteiger partial charge < -0.3 is 15.5 Å². The number of aliphatic hydroxyl groups excluding tert-OH is 2. The highest BCUT2D eigenvalue weighted by Gasteiger charge is 2.19. The molecule has 0 aromatic rings. The molecule has 0 aliphatic heterocycles. The minimum absolute atomic E-state index is 0.0444. The molecule has 0 spiro atoms. The molecular formula is C48H85NO3. The predicted molar refractivity (Wildman–Crippen MR) is 230 cm³/mol. The van der Waals surface area contributed by atoms with Gasteiger partial charge in [0.1, 0.15) is 0 Å². The zero-order chi connectivity index (χ0) is 37.8. The molecule has 1 amide bonds. The zero-order valence-corrected chi connectivity index (χ0v) is 34.3. The SMILES string of the molecule is CC/C=C\C/C=C\C/C=C\C/C=C\C/C=C\C/C=C\CCCCCCCCCCCCCCCCCCCCC(=O)NC(CO)C(O)CCCCC. The van der Waals surface area contributed by atoms with Crippen molar-refractivity contribution in [2.75, 3.05) is 6.61 Å². The average Bonchev–Trinajstić information content (AvgIpc) is 3.15. The number of carbonyl (C=O) groups is 1. The van der Waals surface area contributed by atoms with Crippen molar-refractivity contribution in [1.29, 1.82) is 0 Å². The molecule has 0 heterocycles. The molecule has 0 aromatic carbocycles. The van der Waals surface area contributed by atoms with Crippen molar-refractivity contribution in [3.05, 3.63) is 72.9 Å². The molecule has 0 aliphatic carbocycles. The lowest BCUT2D eigenvalue weighted by molar-refractivity contribution is -0.123. The van der Waals surface area contributed by atoms with E-state index in [4.69, 9.17) is 0 Å². The number of carbonyl (C=O) groups excluding carboxylic acids is 1. The van der Waals surface area contributed by atoms with Crippen LogP contribution in [-0.4, -0.2) is 34.9 Å². The molecule has 0 radical (unpaired) electrons. The van der Waals surface area contributed by atoms with Gasteiger partial charge in [0, 0.05) is 6.42 Å². The van der Waals surface area contributed by atoms with Crippen molar-refractivity contribution in [2.24, 2.45) is 0 Å². The summed E-state index contributed by atoms with van der Waals surface area (Å²) in [7, 11) is 0. The summed E-state index contributed by atoms with van der Waals surface area (Å²) in [5, 5.41) is 22.6. The number of hydrogen-bond acceptors (Lipinski definition) is 3. The Bertz CT molecular complexity index is 915. The summed E-state index contributed by atoms with van der Waals surface area (Å²) in [6.45, 7) is 4.09. The number of amides is 1. The van der Waals surface area contributed by atoms with E-state index in [0.717, 1.165) is 70.6 Å². The van der Waals surface area contributed by atoms with Crippen molar-refractivity contribution in [3.8, 4) is 0 Å². The van der Waals surface area contributed by atoms with Gasteiger partial charge in [-0.15, -0.1) is 0 Å². The molecule has 4 nitrogen and oxygen atoms in total. The fourth-order valence-corrected chi connectivity index (χ4v) is 6.36. The Labute approximate surface area is 323 Å². The topological polar surface area (TPSA) is 69.6 Å². The van der Waals surface area contributed by atoms with Crippen molar-refractivity contribution in [1.82, 2.24) is 5.32 Å². The summed E-state index contributed by atoms with van der Waals surface area (Å²) in [6.07, 6.45) is 62.1. The maximum atomic E-state index is 12.2. The summed E-state index contributed by atoms with van der Waals surface area (Å²) in [5.41, 5.74) is 0. The van der Waals surface area contributed by atoms with Crippen molar-refractivity contribution in [2.45, 2.75) is 219 Å². The lowest BCUT2D eigenvalue weighted by Crippen LogP contribution is -2.45. The highest BCUT2D eigenvalue weighted by Crippen LogP contribution is 2.15. The molecule has 52 heavy (non-hydrogen) atoms. The average molecular weight is 724 g/mol. The Morgan fingerprint density at radius 1 is 0.481 bits per heavy atom. The minimum atomic E-state index is -0.656. The fourth-order valence-electron chi connectivity index (χ4n) is 6.36. The monoisotopic (exact) mass is 724 g/mol. The normalized spacial score (nSPS) is 13.7. The van der Waals surface area contributed by atoms with Gasteiger partial charge in [0.25, 0.3) is 0 Å². The van der Waals surface area contributed by atoms with Gasteiger partial charge in [-0.2, -0.15) is 0 Å². The van der Waals surface area contributed by atoms with Crippen LogP contribution in [0, 0.1) is 0 Å². The van der Waals surface area contributed by atoms with E-state index in [1.54, 1.807) is 0 Å². The molecule has 4 heteroatoms. The van der Waals surface area contributed by atoms with E-state index >= 15 is 0 Å². The van der Waals surface area contributed by atoms with Crippen LogP contribution in [0.25, 0.3) is 0 Å². The standard InChI is InChI=1S/C48H85NO3/c1-3-5-7-8-9-10-11-12-13-14-15-16-17-18-19-20-21-22-23-24-25-26-27-28-29-30-31-32-33-34-35-36-37-38-39-40-42-44-48(52)49-46(45-50)47(51)43-41-6-4-2/h5,7,9-10,12-13,15-16,18-19,21-22,46-47,50-51H,3-4,6,8,11,14,17,20,23-45H2,1-2H3,(H,49,52)/b7-5-,10-9-,13-12-,16-15-,19-18-,22-21-. The first-order chi connectivity index (χ1) is 25.7. The first-order valence-corrected chi connectivity index (χ1v) is 22.1. The van der Waals surface area contributed by atoms with Gasteiger partial charge in [-0.25, -0.2) is 0 Å². The second kappa shape index (κ2) is 43.2. The van der Waals surface area contributed by atoms with Crippen LogP contribution in [0.4, 0.5) is 0 Å².